The molecular formula is C18H14N2O2. The molecule has 4 nitrogen and oxygen atoms in total. The zero-order valence-corrected chi connectivity index (χ0v) is 11.8. The molecule has 22 heavy (non-hydrogen) atoms. The Kier molecular flexibility index (Phi) is 3.00. The van der Waals surface area contributed by atoms with Crippen LogP contribution < -0.4 is 0 Å². The third kappa shape index (κ3) is 2.19. The number of fused-ring (bicyclic) bond motifs is 1. The first-order valence-electron chi connectivity index (χ1n) is 7.19. The van der Waals surface area contributed by atoms with E-state index in [2.05, 4.69) is 9.98 Å². The van der Waals surface area contributed by atoms with E-state index in [0.29, 0.717) is 12.1 Å². The van der Waals surface area contributed by atoms with E-state index in [1.54, 1.807) is 0 Å². The maximum Gasteiger partial charge on any atom is 0.354 e. The number of aromatic amines is 1. The minimum Gasteiger partial charge on any atom is -0.431 e. The highest BCUT2D eigenvalue weighted by atomic mass is 16.6. The molecule has 4 heteroatoms. The average molecular weight is 290 g/mol. The summed E-state index contributed by atoms with van der Waals surface area (Å²) >= 11 is 0. The van der Waals surface area contributed by atoms with Crippen LogP contribution in [0.25, 0.3) is 10.9 Å². The van der Waals surface area contributed by atoms with Crippen molar-refractivity contribution in [3.8, 4) is 0 Å². The van der Waals surface area contributed by atoms with Gasteiger partial charge in [0.2, 0.25) is 6.23 Å². The van der Waals surface area contributed by atoms with Gasteiger partial charge in [-0.2, -0.15) is 0 Å². The molecule has 0 bridgehead atoms. The number of H-pyrrole nitrogens is 1. The first kappa shape index (κ1) is 12.8. The lowest BCUT2D eigenvalue weighted by Crippen LogP contribution is -2.13. The van der Waals surface area contributed by atoms with Crippen LogP contribution in [0.1, 0.15) is 17.4 Å². The zero-order chi connectivity index (χ0) is 14.9. The number of benzene rings is 2. The Morgan fingerprint density at radius 1 is 1.05 bits per heavy atom. The Balaban J connectivity index is 1.64. The minimum atomic E-state index is -0.520. The van der Waals surface area contributed by atoms with Gasteiger partial charge in [-0.15, -0.1) is 0 Å². The van der Waals surface area contributed by atoms with E-state index in [1.165, 1.54) is 0 Å². The van der Waals surface area contributed by atoms with E-state index in [0.717, 1.165) is 22.0 Å². The molecule has 0 aliphatic carbocycles. The van der Waals surface area contributed by atoms with Crippen LogP contribution in [-0.4, -0.2) is 16.7 Å². The number of rotatable bonds is 3. The van der Waals surface area contributed by atoms with Crippen molar-refractivity contribution >= 4 is 22.6 Å². The number of nitrogens with one attached hydrogen (secondary N) is 1. The summed E-state index contributed by atoms with van der Waals surface area (Å²) in [6, 6.07) is 17.6. The van der Waals surface area contributed by atoms with E-state index in [9.17, 15) is 4.79 Å². The number of esters is 1. The number of hydrogen-bond donors (Lipinski definition) is 1. The number of hydrogen-bond acceptors (Lipinski definition) is 3. The molecule has 1 unspecified atom stereocenters. The molecule has 2 heterocycles. The highest BCUT2D eigenvalue weighted by Gasteiger charge is 2.28. The predicted octanol–water partition coefficient (Wildman–Crippen LogP) is 3.41. The molecule has 0 saturated heterocycles. The van der Waals surface area contributed by atoms with E-state index in [1.807, 2.05) is 60.8 Å². The SMILES string of the molecule is O=C1OC(c2ccccc2)N=C1Cc1c[nH]c2ccccc12. The largest absolute Gasteiger partial charge is 0.431 e. The second-order valence-electron chi connectivity index (χ2n) is 5.28. The molecule has 0 fully saturated rings. The molecule has 1 atom stereocenters. The monoisotopic (exact) mass is 290 g/mol. The number of carbonyl (C=O) groups is 1. The van der Waals surface area contributed by atoms with Gasteiger partial charge in [0.15, 0.2) is 0 Å². The fourth-order valence-corrected chi connectivity index (χ4v) is 2.73. The molecule has 0 amide bonds. The summed E-state index contributed by atoms with van der Waals surface area (Å²) in [6.07, 6.45) is 1.89. The quantitative estimate of drug-likeness (QED) is 0.752. The van der Waals surface area contributed by atoms with E-state index in [4.69, 9.17) is 4.74 Å². The zero-order valence-electron chi connectivity index (χ0n) is 11.8. The van der Waals surface area contributed by atoms with Crippen LogP contribution in [0.2, 0.25) is 0 Å². The van der Waals surface area contributed by atoms with Crippen LogP contribution >= 0.6 is 0 Å². The maximum absolute atomic E-state index is 12.1. The van der Waals surface area contributed by atoms with Crippen molar-refractivity contribution in [1.82, 2.24) is 4.98 Å². The lowest BCUT2D eigenvalue weighted by Gasteiger charge is -2.05. The molecule has 1 aliphatic heterocycles. The van der Waals surface area contributed by atoms with Crippen LogP contribution in [0.4, 0.5) is 0 Å². The lowest BCUT2D eigenvalue weighted by molar-refractivity contribution is -0.138. The first-order chi connectivity index (χ1) is 10.8. The first-order valence-corrected chi connectivity index (χ1v) is 7.19. The van der Waals surface area contributed by atoms with Crippen molar-refractivity contribution in [1.29, 1.82) is 0 Å². The Bertz CT molecular complexity index is 865. The molecule has 1 aromatic heterocycles. The second-order valence-corrected chi connectivity index (χ2v) is 5.28. The summed E-state index contributed by atoms with van der Waals surface area (Å²) in [5, 5.41) is 1.11. The van der Waals surface area contributed by atoms with Gasteiger partial charge in [-0.05, 0) is 11.6 Å². The number of nitrogens with zero attached hydrogens (tertiary/aromatic N) is 1. The number of aliphatic imine (C=N–C) groups is 1. The predicted molar refractivity (Wildman–Crippen MR) is 84.7 cm³/mol. The number of cyclic esters (lactones) is 1. The van der Waals surface area contributed by atoms with Gasteiger partial charge < -0.3 is 9.72 Å². The Labute approximate surface area is 127 Å². The third-order valence-electron chi connectivity index (χ3n) is 3.84. The standard InChI is InChI=1S/C18H14N2O2/c21-18-16(20-17(22-18)12-6-2-1-3-7-12)10-13-11-19-15-9-5-4-8-14(13)15/h1-9,11,17,19H,10H2. The van der Waals surface area contributed by atoms with Crippen LogP contribution in [0.15, 0.2) is 65.8 Å². The van der Waals surface area contributed by atoms with Crippen molar-refractivity contribution in [3.05, 3.63) is 71.9 Å². The molecule has 2 aromatic carbocycles. The van der Waals surface area contributed by atoms with E-state index >= 15 is 0 Å². The Morgan fingerprint density at radius 2 is 1.82 bits per heavy atom. The van der Waals surface area contributed by atoms with Crippen LogP contribution in [0.5, 0.6) is 0 Å². The highest BCUT2D eigenvalue weighted by Crippen LogP contribution is 2.26. The third-order valence-corrected chi connectivity index (χ3v) is 3.84. The molecule has 1 N–H and O–H groups in total. The number of carbonyl (C=O) groups excluding carboxylic acids is 1. The smallest absolute Gasteiger partial charge is 0.354 e. The van der Waals surface area contributed by atoms with Gasteiger partial charge in [0.05, 0.1) is 0 Å². The Morgan fingerprint density at radius 3 is 2.68 bits per heavy atom. The van der Waals surface area contributed by atoms with Crippen molar-refractivity contribution in [2.24, 2.45) is 4.99 Å². The molecule has 0 spiro atoms. The van der Waals surface area contributed by atoms with Crippen LogP contribution in [0, 0.1) is 0 Å². The molecule has 108 valence electrons. The fraction of sp³-hybridized carbons (Fsp3) is 0.111. The van der Waals surface area contributed by atoms with Crippen molar-refractivity contribution in [2.45, 2.75) is 12.6 Å². The van der Waals surface area contributed by atoms with Gasteiger partial charge in [-0.1, -0.05) is 48.5 Å². The minimum absolute atomic E-state index is 0.334. The number of para-hydroxylation sites is 1. The van der Waals surface area contributed by atoms with Gasteiger partial charge in [-0.3, -0.25) is 0 Å². The molecule has 0 radical (unpaired) electrons. The molecular weight excluding hydrogens is 276 g/mol. The lowest BCUT2D eigenvalue weighted by atomic mass is 10.1. The second kappa shape index (κ2) is 5.15. The van der Waals surface area contributed by atoms with Gasteiger partial charge in [0.1, 0.15) is 5.71 Å². The van der Waals surface area contributed by atoms with E-state index < -0.39 is 6.23 Å². The van der Waals surface area contributed by atoms with Crippen molar-refractivity contribution in [3.63, 3.8) is 0 Å². The van der Waals surface area contributed by atoms with Gasteiger partial charge >= 0.3 is 5.97 Å². The summed E-state index contributed by atoms with van der Waals surface area (Å²) in [7, 11) is 0. The summed E-state index contributed by atoms with van der Waals surface area (Å²) in [5.74, 6) is -0.334. The Hall–Kier alpha value is -2.88. The summed E-state index contributed by atoms with van der Waals surface area (Å²) < 4.78 is 5.37. The van der Waals surface area contributed by atoms with Gasteiger partial charge in [-0.25, -0.2) is 9.79 Å². The maximum atomic E-state index is 12.1. The normalized spacial score (nSPS) is 17.5. The molecule has 0 saturated carbocycles. The summed E-state index contributed by atoms with van der Waals surface area (Å²) in [5.41, 5.74) is 3.48. The van der Waals surface area contributed by atoms with Crippen molar-refractivity contribution < 1.29 is 9.53 Å². The number of aromatic nitrogens is 1. The summed E-state index contributed by atoms with van der Waals surface area (Å²) in [6.45, 7) is 0. The van der Waals surface area contributed by atoms with Gasteiger partial charge in [0.25, 0.3) is 0 Å². The van der Waals surface area contributed by atoms with Crippen LogP contribution in [0.3, 0.4) is 0 Å². The average Bonchev–Trinajstić information content (AvgIpc) is 3.13. The van der Waals surface area contributed by atoms with Gasteiger partial charge in [0, 0.05) is 29.1 Å². The molecule has 1 aliphatic rings. The highest BCUT2D eigenvalue weighted by molar-refractivity contribution is 6.38. The van der Waals surface area contributed by atoms with E-state index in [-0.39, 0.29) is 5.97 Å². The summed E-state index contributed by atoms with van der Waals surface area (Å²) in [4.78, 5) is 19.7. The molecule has 3 aromatic rings. The fourth-order valence-electron chi connectivity index (χ4n) is 2.73. The molecule has 4 rings (SSSR count). The number of ether oxygens (including phenoxy) is 1. The topological polar surface area (TPSA) is 54.4 Å². The van der Waals surface area contributed by atoms with Crippen molar-refractivity contribution in [2.75, 3.05) is 0 Å². The van der Waals surface area contributed by atoms with Crippen LogP contribution in [-0.2, 0) is 16.0 Å².